The minimum Gasteiger partial charge on any atom is -0.497 e. The van der Waals surface area contributed by atoms with Gasteiger partial charge in [-0.25, -0.2) is 4.39 Å². The summed E-state index contributed by atoms with van der Waals surface area (Å²) in [6.45, 7) is 2.07. The van der Waals surface area contributed by atoms with Crippen molar-refractivity contribution in [3.05, 3.63) is 59.4 Å². The number of halogens is 1. The molecule has 0 radical (unpaired) electrons. The van der Waals surface area contributed by atoms with E-state index in [2.05, 4.69) is 4.90 Å². The van der Waals surface area contributed by atoms with Gasteiger partial charge in [0, 0.05) is 31.6 Å². The number of methoxy groups -OCH3 is 1. The summed E-state index contributed by atoms with van der Waals surface area (Å²) in [5.74, 6) is 0.942. The Balaban J connectivity index is 1.38. The molecule has 2 aromatic rings. The van der Waals surface area contributed by atoms with Gasteiger partial charge in [0.05, 0.1) is 19.3 Å². The van der Waals surface area contributed by atoms with Gasteiger partial charge in [0.25, 0.3) is 0 Å². The lowest BCUT2D eigenvalue weighted by Gasteiger charge is -2.46. The fraction of sp³-hybridized carbons (Fsp3) is 0.455. The molecule has 150 valence electrons. The maximum Gasteiger partial charge on any atom is 0.126 e. The first kappa shape index (κ1) is 19.2. The van der Waals surface area contributed by atoms with Crippen LogP contribution in [0.3, 0.4) is 0 Å². The predicted molar refractivity (Wildman–Crippen MR) is 103 cm³/mol. The molecule has 1 spiro atoms. The van der Waals surface area contributed by atoms with Gasteiger partial charge in [-0.2, -0.15) is 0 Å². The summed E-state index contributed by atoms with van der Waals surface area (Å²) >= 11 is 0. The largest absolute Gasteiger partial charge is 0.497 e. The molecule has 0 amide bonds. The lowest BCUT2D eigenvalue weighted by Crippen LogP contribution is -2.51. The van der Waals surface area contributed by atoms with Crippen LogP contribution >= 0.6 is 0 Å². The molecule has 5 nitrogen and oxygen atoms in total. The van der Waals surface area contributed by atoms with Crippen molar-refractivity contribution in [1.29, 1.82) is 0 Å². The van der Waals surface area contributed by atoms with E-state index in [1.807, 2.05) is 24.3 Å². The molecule has 0 saturated carbocycles. The van der Waals surface area contributed by atoms with Gasteiger partial charge in [0.15, 0.2) is 0 Å². The zero-order valence-corrected chi connectivity index (χ0v) is 16.0. The van der Waals surface area contributed by atoms with Crippen LogP contribution in [0.25, 0.3) is 0 Å². The van der Waals surface area contributed by atoms with E-state index in [4.69, 9.17) is 9.47 Å². The molecule has 1 fully saturated rings. The first-order valence-electron chi connectivity index (χ1n) is 9.69. The van der Waals surface area contributed by atoms with Crippen LogP contribution in [0.15, 0.2) is 42.5 Å². The molecule has 28 heavy (non-hydrogen) atoms. The molecule has 2 N–H and O–H groups in total. The summed E-state index contributed by atoms with van der Waals surface area (Å²) in [6.07, 6.45) is 0.673. The van der Waals surface area contributed by atoms with Crippen LogP contribution < -0.4 is 9.47 Å². The van der Waals surface area contributed by atoms with Gasteiger partial charge in [-0.15, -0.1) is 0 Å². The number of hydrogen-bond donors (Lipinski definition) is 2. The number of rotatable bonds is 4. The zero-order valence-electron chi connectivity index (χ0n) is 16.0. The summed E-state index contributed by atoms with van der Waals surface area (Å²) in [5, 5.41) is 21.1. The van der Waals surface area contributed by atoms with E-state index in [1.54, 1.807) is 13.2 Å². The van der Waals surface area contributed by atoms with Crippen LogP contribution in [0, 0.1) is 5.82 Å². The second kappa shape index (κ2) is 7.70. The summed E-state index contributed by atoms with van der Waals surface area (Å²) < 4.78 is 24.9. The fourth-order valence-corrected chi connectivity index (χ4v) is 4.26. The first-order valence-corrected chi connectivity index (χ1v) is 9.69. The van der Waals surface area contributed by atoms with Gasteiger partial charge in [-0.1, -0.05) is 12.1 Å². The maximum absolute atomic E-state index is 13.5. The summed E-state index contributed by atoms with van der Waals surface area (Å²) in [7, 11) is 1.61. The minimum absolute atomic E-state index is 0.362. The Bertz CT molecular complexity index is 835. The number of nitrogens with zero attached hydrogens (tertiary/aromatic N) is 1. The highest BCUT2D eigenvalue weighted by molar-refractivity contribution is 5.38. The molecule has 0 aromatic heterocycles. The zero-order chi connectivity index (χ0) is 19.7. The second-order valence-corrected chi connectivity index (χ2v) is 7.78. The Morgan fingerprint density at radius 1 is 1.25 bits per heavy atom. The molecular weight excluding hydrogens is 361 g/mol. The van der Waals surface area contributed by atoms with E-state index in [0.717, 1.165) is 37.2 Å². The molecule has 2 aliphatic rings. The molecule has 0 aliphatic carbocycles. The Hall–Kier alpha value is -2.15. The van der Waals surface area contributed by atoms with Gasteiger partial charge in [0.2, 0.25) is 0 Å². The standard InChI is InChI=1S/C22H26FNO4/c1-27-17-4-2-3-15(11-17)20(26)14-24-9-7-22(8-10-24)13-19(25)18-12-16(23)5-6-21(18)28-22/h2-6,11-12,19-20,25-26H,7-10,13-14H2,1H3. The van der Waals surface area contributed by atoms with E-state index in [-0.39, 0.29) is 5.82 Å². The van der Waals surface area contributed by atoms with E-state index < -0.39 is 17.8 Å². The molecule has 2 atom stereocenters. The van der Waals surface area contributed by atoms with Crippen LogP contribution in [-0.4, -0.2) is 47.5 Å². The van der Waals surface area contributed by atoms with Crippen LogP contribution in [0.1, 0.15) is 42.6 Å². The highest BCUT2D eigenvalue weighted by Crippen LogP contribution is 2.44. The number of ether oxygens (including phenoxy) is 2. The lowest BCUT2D eigenvalue weighted by atomic mass is 9.81. The van der Waals surface area contributed by atoms with Gasteiger partial charge in [-0.05, 0) is 48.7 Å². The van der Waals surface area contributed by atoms with Gasteiger partial charge in [-0.3, -0.25) is 0 Å². The average molecular weight is 387 g/mol. The van der Waals surface area contributed by atoms with Gasteiger partial charge in [0.1, 0.15) is 22.9 Å². The Morgan fingerprint density at radius 2 is 2.04 bits per heavy atom. The SMILES string of the molecule is COc1cccc(C(O)CN2CCC3(CC2)CC(O)c2cc(F)ccc2O3)c1. The van der Waals surface area contributed by atoms with Crippen molar-refractivity contribution in [2.45, 2.75) is 37.1 Å². The lowest BCUT2D eigenvalue weighted by molar-refractivity contribution is -0.0589. The number of aliphatic hydroxyl groups is 2. The third-order valence-corrected chi connectivity index (χ3v) is 5.90. The van der Waals surface area contributed by atoms with Crippen molar-refractivity contribution >= 4 is 0 Å². The number of β-amino-alcohol motifs (C(OH)–C–C–N with tert-alkyl or cyclic N) is 1. The fourth-order valence-electron chi connectivity index (χ4n) is 4.26. The number of likely N-dealkylation sites (tertiary alicyclic amines) is 1. The number of benzene rings is 2. The maximum atomic E-state index is 13.5. The van der Waals surface area contributed by atoms with E-state index >= 15 is 0 Å². The van der Waals surface area contributed by atoms with Crippen LogP contribution in [0.5, 0.6) is 11.5 Å². The predicted octanol–water partition coefficient (Wildman–Crippen LogP) is 3.22. The van der Waals surface area contributed by atoms with Crippen LogP contribution in [0.2, 0.25) is 0 Å². The van der Waals surface area contributed by atoms with Crippen LogP contribution in [0.4, 0.5) is 4.39 Å². The Labute approximate surface area is 164 Å². The van der Waals surface area contributed by atoms with Crippen molar-refractivity contribution in [2.24, 2.45) is 0 Å². The normalized spacial score (nSPS) is 22.4. The Morgan fingerprint density at radius 3 is 2.79 bits per heavy atom. The quantitative estimate of drug-likeness (QED) is 0.844. The van der Waals surface area contributed by atoms with Crippen molar-refractivity contribution in [1.82, 2.24) is 4.90 Å². The number of piperidine rings is 1. The van der Waals surface area contributed by atoms with Crippen LogP contribution in [-0.2, 0) is 0 Å². The highest BCUT2D eigenvalue weighted by atomic mass is 19.1. The summed E-state index contributed by atoms with van der Waals surface area (Å²) in [4.78, 5) is 2.21. The van der Waals surface area contributed by atoms with Crippen molar-refractivity contribution in [2.75, 3.05) is 26.7 Å². The van der Waals surface area contributed by atoms with E-state index in [1.165, 1.54) is 12.1 Å². The third-order valence-electron chi connectivity index (χ3n) is 5.90. The minimum atomic E-state index is -0.714. The molecule has 4 rings (SSSR count). The molecule has 0 bridgehead atoms. The molecule has 1 saturated heterocycles. The van der Waals surface area contributed by atoms with E-state index in [9.17, 15) is 14.6 Å². The number of aliphatic hydroxyl groups excluding tert-OH is 2. The van der Waals surface area contributed by atoms with Crippen molar-refractivity contribution < 1.29 is 24.1 Å². The monoisotopic (exact) mass is 387 g/mol. The second-order valence-electron chi connectivity index (χ2n) is 7.78. The summed E-state index contributed by atoms with van der Waals surface area (Å²) in [5.41, 5.74) is 0.934. The molecular formula is C22H26FNO4. The molecule has 2 unspecified atom stereocenters. The molecule has 2 aliphatic heterocycles. The van der Waals surface area contributed by atoms with E-state index in [0.29, 0.717) is 24.3 Å². The Kier molecular flexibility index (Phi) is 5.27. The summed E-state index contributed by atoms with van der Waals surface area (Å²) in [6, 6.07) is 11.8. The number of fused-ring (bicyclic) bond motifs is 1. The average Bonchev–Trinajstić information content (AvgIpc) is 2.70. The van der Waals surface area contributed by atoms with Crippen molar-refractivity contribution in [3.63, 3.8) is 0 Å². The molecule has 2 heterocycles. The van der Waals surface area contributed by atoms with Crippen molar-refractivity contribution in [3.8, 4) is 11.5 Å². The molecule has 6 heteroatoms. The molecule has 2 aromatic carbocycles. The number of hydrogen-bond acceptors (Lipinski definition) is 5. The first-order chi connectivity index (χ1) is 13.5. The topological polar surface area (TPSA) is 62.2 Å². The third kappa shape index (κ3) is 3.85. The smallest absolute Gasteiger partial charge is 0.126 e. The van der Waals surface area contributed by atoms with Gasteiger partial charge >= 0.3 is 0 Å². The van der Waals surface area contributed by atoms with Gasteiger partial charge < -0.3 is 24.6 Å². The highest BCUT2D eigenvalue weighted by Gasteiger charge is 2.43.